The first-order valence-corrected chi connectivity index (χ1v) is 9.38. The van der Waals surface area contributed by atoms with Gasteiger partial charge in [0.15, 0.2) is 0 Å². The molecular weight excluding hydrogens is 372 g/mol. The summed E-state index contributed by atoms with van der Waals surface area (Å²) in [4.78, 5) is 10.7. The second-order valence-electron chi connectivity index (χ2n) is 4.86. The van der Waals surface area contributed by atoms with Crippen LogP contribution in [0.4, 0.5) is 5.69 Å². The molecule has 3 N–H and O–H groups in total. The zero-order chi connectivity index (χ0) is 19.5. The Morgan fingerprint density at radius 1 is 1.32 bits per heavy atom. The van der Waals surface area contributed by atoms with E-state index in [1.54, 1.807) is 6.92 Å². The van der Waals surface area contributed by atoms with Crippen LogP contribution in [0, 0.1) is 13.8 Å². The molecule has 1 aromatic rings. The highest BCUT2D eigenvalue weighted by Crippen LogP contribution is 2.13. The van der Waals surface area contributed by atoms with Crippen molar-refractivity contribution in [2.75, 3.05) is 38.1 Å². The number of para-hydroxylation sites is 1. The van der Waals surface area contributed by atoms with Crippen molar-refractivity contribution in [1.29, 1.82) is 0 Å². The Kier molecular flexibility index (Phi) is 11.4. The molecule has 0 aliphatic rings. The lowest BCUT2D eigenvalue weighted by Gasteiger charge is -2.19. The van der Waals surface area contributed by atoms with E-state index >= 15 is 0 Å². The number of nitrogen functional groups attached to an aromatic ring is 1. The fourth-order valence-electron chi connectivity index (χ4n) is 1.55. The van der Waals surface area contributed by atoms with E-state index in [4.69, 9.17) is 27.2 Å². The van der Waals surface area contributed by atoms with E-state index in [1.807, 2.05) is 32.0 Å². The molecule has 1 rings (SSSR count). The molecule has 0 bridgehead atoms. The zero-order valence-corrected chi connectivity index (χ0v) is 16.1. The van der Waals surface area contributed by atoms with Crippen molar-refractivity contribution in [3.05, 3.63) is 29.3 Å². The minimum atomic E-state index is -4.25. The number of alkyl halides is 1. The molecule has 0 unspecified atom stereocenters. The molecular formula is C15H25ClN2O6S. The maximum atomic E-state index is 11.4. The highest BCUT2D eigenvalue weighted by molar-refractivity contribution is 7.84. The minimum Gasteiger partial charge on any atom is -0.398 e. The molecule has 0 aromatic heterocycles. The van der Waals surface area contributed by atoms with Crippen LogP contribution in [-0.4, -0.2) is 56.2 Å². The van der Waals surface area contributed by atoms with Crippen LogP contribution in [0.5, 0.6) is 0 Å². The number of nitrogens with two attached hydrogens (primary N) is 1. The Bertz CT molecular complexity index is 619. The van der Waals surface area contributed by atoms with Gasteiger partial charge >= 0.3 is 16.3 Å². The summed E-state index contributed by atoms with van der Waals surface area (Å²) in [6.45, 7) is 4.70. The average molecular weight is 397 g/mol. The maximum Gasteiger partial charge on any atom is 0.389 e. The molecule has 8 nitrogen and oxygen atoms in total. The molecule has 0 spiro atoms. The van der Waals surface area contributed by atoms with E-state index in [0.717, 1.165) is 21.1 Å². The molecule has 0 amide bonds. The molecule has 144 valence electrons. The number of ether oxygens (including phenoxy) is 1. The quantitative estimate of drug-likeness (QED) is 0.384. The lowest BCUT2D eigenvalue weighted by atomic mass is 10.1. The Hall–Kier alpha value is -1.39. The average Bonchev–Trinajstić information content (AvgIpc) is 2.56. The van der Waals surface area contributed by atoms with Crippen LogP contribution in [0.3, 0.4) is 0 Å². The van der Waals surface area contributed by atoms with Gasteiger partial charge in [0.25, 0.3) is 0 Å². The fraction of sp³-hybridized carbons (Fsp3) is 0.533. The van der Waals surface area contributed by atoms with E-state index in [2.05, 4.69) is 4.18 Å². The number of hydrogen-bond donors (Lipinski definition) is 2. The molecule has 0 aliphatic heterocycles. The summed E-state index contributed by atoms with van der Waals surface area (Å²) in [5.41, 5.74) is 8.92. The second-order valence-corrected chi connectivity index (χ2v) is 6.78. The van der Waals surface area contributed by atoms with Gasteiger partial charge in [-0.2, -0.15) is 8.42 Å². The van der Waals surface area contributed by atoms with Crippen LogP contribution in [0.25, 0.3) is 0 Å². The number of rotatable bonds is 8. The number of carbonyl (C=O) groups excluding carboxylic acids is 1. The number of anilines is 1. The van der Waals surface area contributed by atoms with Gasteiger partial charge in [0.05, 0.1) is 0 Å². The SMILES string of the molecule is CCOCN(CCCl)S(=O)(=O)OC(=O)CO.Cc1cccc(C)c1N. The van der Waals surface area contributed by atoms with Crippen molar-refractivity contribution in [3.63, 3.8) is 0 Å². The van der Waals surface area contributed by atoms with E-state index in [-0.39, 0.29) is 19.2 Å². The monoisotopic (exact) mass is 396 g/mol. The third-order valence-corrected chi connectivity index (χ3v) is 4.45. The first-order chi connectivity index (χ1) is 11.7. The van der Waals surface area contributed by atoms with Gasteiger partial charge < -0.3 is 19.8 Å². The van der Waals surface area contributed by atoms with Crippen LogP contribution in [-0.2, 0) is 24.0 Å². The molecule has 0 fully saturated rings. The largest absolute Gasteiger partial charge is 0.398 e. The van der Waals surface area contributed by atoms with Crippen molar-refractivity contribution in [1.82, 2.24) is 4.31 Å². The number of hydrogen-bond acceptors (Lipinski definition) is 7. The number of aryl methyl sites for hydroxylation is 2. The van der Waals surface area contributed by atoms with Crippen LogP contribution in [0.2, 0.25) is 0 Å². The number of nitrogens with zero attached hydrogens (tertiary/aromatic N) is 1. The third kappa shape index (κ3) is 9.03. The predicted molar refractivity (Wildman–Crippen MR) is 96.3 cm³/mol. The highest BCUT2D eigenvalue weighted by Gasteiger charge is 2.25. The van der Waals surface area contributed by atoms with Gasteiger partial charge in [0.1, 0.15) is 13.3 Å². The first kappa shape index (κ1) is 23.6. The van der Waals surface area contributed by atoms with Crippen molar-refractivity contribution in [2.24, 2.45) is 0 Å². The molecule has 1 aromatic carbocycles. The number of aliphatic hydroxyl groups is 1. The normalized spacial score (nSPS) is 11.0. The Labute approximate surface area is 153 Å². The van der Waals surface area contributed by atoms with E-state index in [9.17, 15) is 13.2 Å². The first-order valence-electron chi connectivity index (χ1n) is 7.48. The smallest absolute Gasteiger partial charge is 0.389 e. The van der Waals surface area contributed by atoms with Crippen LogP contribution in [0.1, 0.15) is 18.1 Å². The predicted octanol–water partition coefficient (Wildman–Crippen LogP) is 1.19. The van der Waals surface area contributed by atoms with Crippen molar-refractivity contribution in [3.8, 4) is 0 Å². The number of aliphatic hydroxyl groups excluding tert-OH is 1. The summed E-state index contributed by atoms with van der Waals surface area (Å²) in [6.07, 6.45) is 0. The molecule has 0 radical (unpaired) electrons. The third-order valence-electron chi connectivity index (χ3n) is 2.96. The highest BCUT2D eigenvalue weighted by atomic mass is 35.5. The van der Waals surface area contributed by atoms with Crippen LogP contribution in [0.15, 0.2) is 18.2 Å². The van der Waals surface area contributed by atoms with E-state index < -0.39 is 22.9 Å². The zero-order valence-electron chi connectivity index (χ0n) is 14.6. The Balaban J connectivity index is 0.000000535. The molecule has 0 aliphatic carbocycles. The van der Waals surface area contributed by atoms with Gasteiger partial charge in [-0.3, -0.25) is 0 Å². The molecule has 25 heavy (non-hydrogen) atoms. The second kappa shape index (κ2) is 12.0. The van der Waals surface area contributed by atoms with E-state index in [0.29, 0.717) is 6.61 Å². The van der Waals surface area contributed by atoms with Gasteiger partial charge in [0, 0.05) is 24.7 Å². The molecule has 0 atom stereocenters. The van der Waals surface area contributed by atoms with Gasteiger partial charge in [-0.05, 0) is 31.9 Å². The molecule has 10 heteroatoms. The minimum absolute atomic E-state index is 0.0307. The van der Waals surface area contributed by atoms with Crippen LogP contribution >= 0.6 is 11.6 Å². The fourth-order valence-corrected chi connectivity index (χ4v) is 2.77. The van der Waals surface area contributed by atoms with E-state index in [1.165, 1.54) is 0 Å². The van der Waals surface area contributed by atoms with Gasteiger partial charge in [-0.15, -0.1) is 15.9 Å². The van der Waals surface area contributed by atoms with Crippen LogP contribution < -0.4 is 5.73 Å². The summed E-state index contributed by atoms with van der Waals surface area (Å²) in [5.74, 6) is -1.22. The summed E-state index contributed by atoms with van der Waals surface area (Å²) in [6, 6.07) is 6.05. The Morgan fingerprint density at radius 2 is 1.88 bits per heavy atom. The lowest BCUT2D eigenvalue weighted by molar-refractivity contribution is -0.137. The maximum absolute atomic E-state index is 11.4. The van der Waals surface area contributed by atoms with Crippen molar-refractivity contribution >= 4 is 33.6 Å². The number of benzene rings is 1. The summed E-state index contributed by atoms with van der Waals surface area (Å²) in [7, 11) is -4.25. The lowest BCUT2D eigenvalue weighted by Crippen LogP contribution is -2.37. The molecule has 0 saturated carbocycles. The van der Waals surface area contributed by atoms with Gasteiger partial charge in [-0.25, -0.2) is 4.79 Å². The Morgan fingerprint density at radius 3 is 2.28 bits per heavy atom. The van der Waals surface area contributed by atoms with Crippen molar-refractivity contribution in [2.45, 2.75) is 20.8 Å². The van der Waals surface area contributed by atoms with Gasteiger partial charge in [0.2, 0.25) is 0 Å². The summed E-state index contributed by atoms with van der Waals surface area (Å²) >= 11 is 5.40. The standard InChI is InChI=1S/C8H11N.C7H14ClNO6S/c1-6-4-3-5-7(2)8(6)9;1-2-14-6-9(4-3-8)16(12,13)15-7(11)5-10/h3-5H,9H2,1-2H3;10H,2-6H2,1H3. The van der Waals surface area contributed by atoms with Crippen molar-refractivity contribution < 1.29 is 27.2 Å². The summed E-state index contributed by atoms with van der Waals surface area (Å²) < 4.78 is 32.6. The van der Waals surface area contributed by atoms with Gasteiger partial charge in [-0.1, -0.05) is 18.2 Å². The topological polar surface area (TPSA) is 119 Å². The number of carbonyl (C=O) groups is 1. The molecule has 0 heterocycles. The summed E-state index contributed by atoms with van der Waals surface area (Å²) in [5, 5.41) is 8.37. The molecule has 0 saturated heterocycles. The number of halogens is 1.